The van der Waals surface area contributed by atoms with Gasteiger partial charge >= 0.3 is 5.51 Å². The standard InChI is InChI=1S/C9H9F4NS2/c10-6-3-7(14)5-8(4-6)15-1-2-16-9(11,12)13/h3-5H,1-2,14H2. The van der Waals surface area contributed by atoms with Crippen LogP contribution in [0.5, 0.6) is 0 Å². The summed E-state index contributed by atoms with van der Waals surface area (Å²) in [5.41, 5.74) is 1.46. The number of thioether (sulfide) groups is 2. The second kappa shape index (κ2) is 5.67. The highest BCUT2D eigenvalue weighted by Gasteiger charge is 2.27. The lowest BCUT2D eigenvalue weighted by atomic mass is 10.3. The van der Waals surface area contributed by atoms with Crippen LogP contribution in [0.15, 0.2) is 23.1 Å². The molecule has 90 valence electrons. The van der Waals surface area contributed by atoms with Gasteiger partial charge in [-0.2, -0.15) is 13.2 Å². The summed E-state index contributed by atoms with van der Waals surface area (Å²) in [7, 11) is 0. The lowest BCUT2D eigenvalue weighted by Crippen LogP contribution is -2.02. The van der Waals surface area contributed by atoms with E-state index < -0.39 is 11.3 Å². The van der Waals surface area contributed by atoms with E-state index in [0.29, 0.717) is 4.90 Å². The number of hydrogen-bond acceptors (Lipinski definition) is 3. The molecule has 0 atom stereocenters. The van der Waals surface area contributed by atoms with E-state index in [1.165, 1.54) is 12.1 Å². The topological polar surface area (TPSA) is 26.0 Å². The van der Waals surface area contributed by atoms with Gasteiger partial charge in [0, 0.05) is 22.1 Å². The zero-order valence-electron chi connectivity index (χ0n) is 8.05. The van der Waals surface area contributed by atoms with Crippen LogP contribution in [0.25, 0.3) is 0 Å². The first kappa shape index (κ1) is 13.5. The molecule has 1 nitrogen and oxygen atoms in total. The first-order valence-electron chi connectivity index (χ1n) is 4.26. The number of alkyl halides is 3. The molecule has 0 aliphatic carbocycles. The molecule has 2 N–H and O–H groups in total. The predicted octanol–water partition coefficient (Wildman–Crippen LogP) is 3.75. The average Bonchev–Trinajstić information content (AvgIpc) is 2.09. The Morgan fingerprint density at radius 2 is 1.81 bits per heavy atom. The van der Waals surface area contributed by atoms with Crippen LogP contribution in [0.1, 0.15) is 0 Å². The molecule has 0 aliphatic heterocycles. The lowest BCUT2D eigenvalue weighted by Gasteiger charge is -2.05. The third kappa shape index (κ3) is 5.50. The van der Waals surface area contributed by atoms with Gasteiger partial charge < -0.3 is 5.73 Å². The maximum atomic E-state index is 12.8. The van der Waals surface area contributed by atoms with Crippen molar-refractivity contribution in [3.05, 3.63) is 24.0 Å². The van der Waals surface area contributed by atoms with E-state index >= 15 is 0 Å². The van der Waals surface area contributed by atoms with Gasteiger partial charge in [0.15, 0.2) is 0 Å². The van der Waals surface area contributed by atoms with E-state index in [-0.39, 0.29) is 29.0 Å². The molecule has 0 bridgehead atoms. The predicted molar refractivity (Wildman–Crippen MR) is 60.0 cm³/mol. The van der Waals surface area contributed by atoms with Crippen molar-refractivity contribution in [2.75, 3.05) is 17.2 Å². The third-order valence-corrected chi connectivity index (χ3v) is 3.48. The minimum absolute atomic E-state index is 0.0649. The molecule has 0 fully saturated rings. The second-order valence-corrected chi connectivity index (χ2v) is 5.19. The molecule has 16 heavy (non-hydrogen) atoms. The van der Waals surface area contributed by atoms with Gasteiger partial charge in [-0.1, -0.05) is 11.8 Å². The average molecular weight is 271 g/mol. The van der Waals surface area contributed by atoms with Gasteiger partial charge in [0.1, 0.15) is 5.82 Å². The summed E-state index contributed by atoms with van der Waals surface area (Å²) >= 11 is 1.06. The van der Waals surface area contributed by atoms with Crippen molar-refractivity contribution in [3.8, 4) is 0 Å². The fourth-order valence-electron chi connectivity index (χ4n) is 0.985. The number of anilines is 1. The highest BCUT2D eigenvalue weighted by Crippen LogP contribution is 2.31. The Balaban J connectivity index is 2.37. The number of halogens is 4. The molecule has 0 heterocycles. The largest absolute Gasteiger partial charge is 0.441 e. The van der Waals surface area contributed by atoms with Crippen molar-refractivity contribution in [2.45, 2.75) is 10.4 Å². The molecule has 0 unspecified atom stereocenters. The van der Waals surface area contributed by atoms with Crippen molar-refractivity contribution < 1.29 is 17.6 Å². The fraction of sp³-hybridized carbons (Fsp3) is 0.333. The Labute approximate surface area is 98.8 Å². The summed E-state index contributed by atoms with van der Waals surface area (Å²) in [6.07, 6.45) is 0. The van der Waals surface area contributed by atoms with Crippen LogP contribution in [-0.4, -0.2) is 17.0 Å². The van der Waals surface area contributed by atoms with Crippen LogP contribution >= 0.6 is 23.5 Å². The normalized spacial score (nSPS) is 11.8. The molecule has 0 aromatic heterocycles. The highest BCUT2D eigenvalue weighted by molar-refractivity contribution is 8.03. The summed E-state index contributed by atoms with van der Waals surface area (Å²) in [4.78, 5) is 0.542. The monoisotopic (exact) mass is 271 g/mol. The van der Waals surface area contributed by atoms with E-state index in [4.69, 9.17) is 5.73 Å². The molecule has 0 saturated heterocycles. The summed E-state index contributed by atoms with van der Waals surface area (Å²) in [5.74, 6) is -0.288. The molecular weight excluding hydrogens is 262 g/mol. The Morgan fingerprint density at radius 3 is 2.38 bits per heavy atom. The van der Waals surface area contributed by atoms with E-state index in [0.717, 1.165) is 17.8 Å². The zero-order chi connectivity index (χ0) is 12.2. The molecule has 0 spiro atoms. The Bertz CT molecular complexity index is 334. The number of nitrogen functional groups attached to an aromatic ring is 1. The van der Waals surface area contributed by atoms with E-state index in [1.807, 2.05) is 0 Å². The van der Waals surface area contributed by atoms with Gasteiger partial charge in [0.25, 0.3) is 0 Å². The van der Waals surface area contributed by atoms with E-state index in [9.17, 15) is 17.6 Å². The Kier molecular flexibility index (Phi) is 4.79. The maximum absolute atomic E-state index is 12.8. The minimum Gasteiger partial charge on any atom is -0.399 e. The van der Waals surface area contributed by atoms with E-state index in [2.05, 4.69) is 0 Å². The Hall–Kier alpha value is -0.560. The number of nitrogens with two attached hydrogens (primary N) is 1. The number of hydrogen-bond donors (Lipinski definition) is 1. The first-order chi connectivity index (χ1) is 7.37. The molecule has 7 heteroatoms. The smallest absolute Gasteiger partial charge is 0.399 e. The summed E-state index contributed by atoms with van der Waals surface area (Å²) in [6.45, 7) is 0. The molecule has 0 amide bonds. The molecular formula is C9H9F4NS2. The number of benzene rings is 1. The molecule has 0 aliphatic rings. The van der Waals surface area contributed by atoms with Crippen molar-refractivity contribution >= 4 is 29.2 Å². The molecule has 1 aromatic carbocycles. The van der Waals surface area contributed by atoms with Crippen molar-refractivity contribution in [2.24, 2.45) is 0 Å². The van der Waals surface area contributed by atoms with Gasteiger partial charge in [-0.15, -0.1) is 11.8 Å². The van der Waals surface area contributed by atoms with Gasteiger partial charge in [0.2, 0.25) is 0 Å². The Morgan fingerprint density at radius 1 is 1.12 bits per heavy atom. The molecule has 0 saturated carbocycles. The fourth-order valence-corrected chi connectivity index (χ4v) is 2.53. The SMILES string of the molecule is Nc1cc(F)cc(SCCSC(F)(F)F)c1. The van der Waals surface area contributed by atoms with Crippen LogP contribution in [0.4, 0.5) is 23.2 Å². The van der Waals surface area contributed by atoms with Crippen molar-refractivity contribution in [3.63, 3.8) is 0 Å². The van der Waals surface area contributed by atoms with Crippen LogP contribution in [0, 0.1) is 5.82 Å². The first-order valence-corrected chi connectivity index (χ1v) is 6.23. The van der Waals surface area contributed by atoms with E-state index in [1.54, 1.807) is 0 Å². The lowest BCUT2D eigenvalue weighted by molar-refractivity contribution is -0.0326. The summed E-state index contributed by atoms with van der Waals surface area (Å²) < 4.78 is 48.2. The molecule has 1 rings (SSSR count). The van der Waals surface area contributed by atoms with Crippen molar-refractivity contribution in [1.29, 1.82) is 0 Å². The maximum Gasteiger partial charge on any atom is 0.441 e. The van der Waals surface area contributed by atoms with Crippen LogP contribution in [0.2, 0.25) is 0 Å². The van der Waals surface area contributed by atoms with Gasteiger partial charge in [-0.25, -0.2) is 4.39 Å². The van der Waals surface area contributed by atoms with Gasteiger partial charge in [-0.3, -0.25) is 0 Å². The van der Waals surface area contributed by atoms with Gasteiger partial charge in [0.05, 0.1) is 0 Å². The molecule has 1 aromatic rings. The van der Waals surface area contributed by atoms with Crippen molar-refractivity contribution in [1.82, 2.24) is 0 Å². The molecule has 0 radical (unpaired) electrons. The zero-order valence-corrected chi connectivity index (χ0v) is 9.68. The quantitative estimate of drug-likeness (QED) is 0.391. The van der Waals surface area contributed by atoms with Gasteiger partial charge in [-0.05, 0) is 18.2 Å². The third-order valence-electron chi connectivity index (χ3n) is 1.51. The van der Waals surface area contributed by atoms with Crippen LogP contribution < -0.4 is 5.73 Å². The highest BCUT2D eigenvalue weighted by atomic mass is 32.2. The van der Waals surface area contributed by atoms with Crippen LogP contribution in [0.3, 0.4) is 0 Å². The summed E-state index contributed by atoms with van der Waals surface area (Å²) in [6, 6.07) is 3.94. The number of rotatable bonds is 4. The summed E-state index contributed by atoms with van der Waals surface area (Å²) in [5, 5.41) is 0. The minimum atomic E-state index is -4.21. The van der Waals surface area contributed by atoms with Crippen LogP contribution in [-0.2, 0) is 0 Å². The second-order valence-electron chi connectivity index (χ2n) is 2.86.